The second-order valence-electron chi connectivity index (χ2n) is 3.76. The number of primary sulfonamides is 1. The summed E-state index contributed by atoms with van der Waals surface area (Å²) in [6, 6.07) is 17.3. The van der Waals surface area contributed by atoms with Crippen molar-refractivity contribution in [1.82, 2.24) is 0 Å². The molecule has 0 aliphatic rings. The zero-order chi connectivity index (χ0) is 13.0. The average Bonchev–Trinajstić information content (AvgIpc) is 2.37. The van der Waals surface area contributed by atoms with E-state index in [4.69, 9.17) is 9.88 Å². The first-order valence-corrected chi connectivity index (χ1v) is 6.96. The highest BCUT2D eigenvalue weighted by molar-refractivity contribution is 7.89. The lowest BCUT2D eigenvalue weighted by molar-refractivity contribution is 0.279. The quantitative estimate of drug-likeness (QED) is 0.917. The van der Waals surface area contributed by atoms with Gasteiger partial charge in [0, 0.05) is 5.56 Å². The van der Waals surface area contributed by atoms with E-state index in [1.54, 1.807) is 54.6 Å². The van der Waals surface area contributed by atoms with Crippen LogP contribution in [0.1, 0.15) is 11.0 Å². The van der Waals surface area contributed by atoms with Crippen molar-refractivity contribution in [2.75, 3.05) is 0 Å². The van der Waals surface area contributed by atoms with Gasteiger partial charge in [0.2, 0.25) is 5.44 Å². The molecule has 0 spiro atoms. The minimum absolute atomic E-state index is 0.459. The first kappa shape index (κ1) is 12.6. The summed E-state index contributed by atoms with van der Waals surface area (Å²) in [7, 11) is -3.84. The van der Waals surface area contributed by atoms with E-state index in [1.807, 2.05) is 6.07 Å². The van der Waals surface area contributed by atoms with Crippen LogP contribution >= 0.6 is 0 Å². The third kappa shape index (κ3) is 3.09. The molecule has 4 nitrogen and oxygen atoms in total. The Morgan fingerprint density at radius 3 is 1.89 bits per heavy atom. The van der Waals surface area contributed by atoms with Gasteiger partial charge in [0.25, 0.3) is 10.0 Å². The Balaban J connectivity index is 2.34. The van der Waals surface area contributed by atoms with Crippen molar-refractivity contribution in [3.8, 4) is 5.75 Å². The molecule has 0 bridgehead atoms. The normalized spacial score (nSPS) is 12.9. The number of ether oxygens (including phenoxy) is 1. The van der Waals surface area contributed by atoms with E-state index in [1.165, 1.54) is 0 Å². The van der Waals surface area contributed by atoms with Crippen molar-refractivity contribution >= 4 is 10.0 Å². The lowest BCUT2D eigenvalue weighted by Gasteiger charge is -2.17. The molecule has 0 radical (unpaired) electrons. The summed E-state index contributed by atoms with van der Waals surface area (Å²) < 4.78 is 28.6. The fourth-order valence-corrected chi connectivity index (χ4v) is 2.34. The molecular formula is C13H13NO3S. The van der Waals surface area contributed by atoms with Crippen LogP contribution in [-0.2, 0) is 10.0 Å². The molecule has 1 unspecified atom stereocenters. The smallest absolute Gasteiger partial charge is 0.251 e. The van der Waals surface area contributed by atoms with Crippen molar-refractivity contribution < 1.29 is 13.2 Å². The number of para-hydroxylation sites is 1. The molecule has 2 rings (SSSR count). The highest BCUT2D eigenvalue weighted by Crippen LogP contribution is 2.24. The van der Waals surface area contributed by atoms with Gasteiger partial charge in [0.15, 0.2) is 0 Å². The van der Waals surface area contributed by atoms with Gasteiger partial charge < -0.3 is 4.74 Å². The summed E-state index contributed by atoms with van der Waals surface area (Å²) in [5, 5.41) is 5.21. The van der Waals surface area contributed by atoms with Crippen molar-refractivity contribution in [3.05, 3.63) is 66.2 Å². The number of benzene rings is 2. The van der Waals surface area contributed by atoms with Gasteiger partial charge in [-0.15, -0.1) is 0 Å². The van der Waals surface area contributed by atoms with Gasteiger partial charge in [-0.2, -0.15) is 0 Å². The minimum Gasteiger partial charge on any atom is -0.468 e. The fraction of sp³-hybridized carbons (Fsp3) is 0.0769. The van der Waals surface area contributed by atoms with E-state index >= 15 is 0 Å². The highest BCUT2D eigenvalue weighted by Gasteiger charge is 2.25. The molecule has 0 saturated carbocycles. The van der Waals surface area contributed by atoms with Crippen LogP contribution in [0.25, 0.3) is 0 Å². The van der Waals surface area contributed by atoms with E-state index in [0.29, 0.717) is 11.3 Å². The van der Waals surface area contributed by atoms with Gasteiger partial charge in [-0.05, 0) is 12.1 Å². The Kier molecular flexibility index (Phi) is 3.64. The van der Waals surface area contributed by atoms with Crippen molar-refractivity contribution in [2.24, 2.45) is 5.14 Å². The lowest BCUT2D eigenvalue weighted by atomic mass is 10.2. The van der Waals surface area contributed by atoms with Crippen LogP contribution in [0.4, 0.5) is 0 Å². The Bertz CT molecular complexity index is 597. The third-order valence-electron chi connectivity index (χ3n) is 2.36. The van der Waals surface area contributed by atoms with Crippen LogP contribution in [0.2, 0.25) is 0 Å². The Morgan fingerprint density at radius 1 is 0.889 bits per heavy atom. The maximum atomic E-state index is 11.6. The number of rotatable bonds is 4. The molecule has 0 aliphatic heterocycles. The van der Waals surface area contributed by atoms with Crippen LogP contribution in [0.5, 0.6) is 5.75 Å². The number of hydrogen-bond acceptors (Lipinski definition) is 3. The Morgan fingerprint density at radius 2 is 1.39 bits per heavy atom. The van der Waals surface area contributed by atoms with Crippen molar-refractivity contribution in [1.29, 1.82) is 0 Å². The van der Waals surface area contributed by atoms with Gasteiger partial charge in [0.05, 0.1) is 0 Å². The molecule has 0 heterocycles. The summed E-state index contributed by atoms with van der Waals surface area (Å²) in [4.78, 5) is 0. The molecule has 0 saturated heterocycles. The summed E-state index contributed by atoms with van der Waals surface area (Å²) >= 11 is 0. The topological polar surface area (TPSA) is 69.4 Å². The van der Waals surface area contributed by atoms with Crippen LogP contribution in [0.3, 0.4) is 0 Å². The monoisotopic (exact) mass is 263 g/mol. The minimum atomic E-state index is -3.84. The van der Waals surface area contributed by atoms with E-state index in [-0.39, 0.29) is 0 Å². The molecule has 0 fully saturated rings. The number of sulfonamides is 1. The fourth-order valence-electron chi connectivity index (χ4n) is 1.56. The van der Waals surface area contributed by atoms with Gasteiger partial charge in [-0.1, -0.05) is 48.5 Å². The molecule has 0 amide bonds. The van der Waals surface area contributed by atoms with E-state index in [0.717, 1.165) is 0 Å². The molecule has 2 aromatic rings. The summed E-state index contributed by atoms with van der Waals surface area (Å²) in [6.45, 7) is 0. The first-order valence-electron chi connectivity index (χ1n) is 5.35. The summed E-state index contributed by atoms with van der Waals surface area (Å²) in [5.74, 6) is 0.459. The average molecular weight is 263 g/mol. The number of hydrogen-bond donors (Lipinski definition) is 1. The van der Waals surface area contributed by atoms with Gasteiger partial charge in [-0.25, -0.2) is 13.6 Å². The van der Waals surface area contributed by atoms with E-state index in [2.05, 4.69) is 0 Å². The SMILES string of the molecule is NS(=O)(=O)C(Oc1ccccc1)c1ccccc1. The molecule has 0 aromatic heterocycles. The zero-order valence-electron chi connectivity index (χ0n) is 9.56. The molecule has 18 heavy (non-hydrogen) atoms. The van der Waals surface area contributed by atoms with Gasteiger partial charge >= 0.3 is 0 Å². The number of nitrogens with two attached hydrogens (primary N) is 1. The maximum Gasteiger partial charge on any atom is 0.251 e. The van der Waals surface area contributed by atoms with E-state index < -0.39 is 15.5 Å². The predicted molar refractivity (Wildman–Crippen MR) is 69.4 cm³/mol. The molecular weight excluding hydrogens is 250 g/mol. The second-order valence-corrected chi connectivity index (χ2v) is 5.37. The lowest BCUT2D eigenvalue weighted by Crippen LogP contribution is -2.26. The molecule has 5 heteroatoms. The molecule has 2 aromatic carbocycles. The third-order valence-corrected chi connectivity index (χ3v) is 3.32. The Labute approximate surface area is 106 Å². The van der Waals surface area contributed by atoms with Crippen molar-refractivity contribution in [2.45, 2.75) is 5.44 Å². The first-order chi connectivity index (χ1) is 8.57. The van der Waals surface area contributed by atoms with Crippen molar-refractivity contribution in [3.63, 3.8) is 0 Å². The van der Waals surface area contributed by atoms with Crippen LogP contribution in [0.15, 0.2) is 60.7 Å². The van der Waals surface area contributed by atoms with Crippen LogP contribution in [-0.4, -0.2) is 8.42 Å². The molecule has 94 valence electrons. The standard InChI is InChI=1S/C13H13NO3S/c14-18(15,16)13(11-7-3-1-4-8-11)17-12-9-5-2-6-10-12/h1-10,13H,(H2,14,15,16). The van der Waals surface area contributed by atoms with E-state index in [9.17, 15) is 8.42 Å². The molecule has 1 atom stereocenters. The largest absolute Gasteiger partial charge is 0.468 e. The molecule has 2 N–H and O–H groups in total. The second kappa shape index (κ2) is 5.20. The predicted octanol–water partition coefficient (Wildman–Crippen LogP) is 2.05. The van der Waals surface area contributed by atoms with Crippen LogP contribution < -0.4 is 9.88 Å². The molecule has 0 aliphatic carbocycles. The van der Waals surface area contributed by atoms with Gasteiger partial charge in [0.1, 0.15) is 5.75 Å². The highest BCUT2D eigenvalue weighted by atomic mass is 32.2. The maximum absolute atomic E-state index is 11.6. The van der Waals surface area contributed by atoms with Gasteiger partial charge in [-0.3, -0.25) is 0 Å². The zero-order valence-corrected chi connectivity index (χ0v) is 10.4. The van der Waals surface area contributed by atoms with Crippen LogP contribution in [0, 0.1) is 0 Å². The summed E-state index contributed by atoms with van der Waals surface area (Å²) in [6.07, 6.45) is 0. The summed E-state index contributed by atoms with van der Waals surface area (Å²) in [5.41, 5.74) is -0.690. The Hall–Kier alpha value is -1.85.